The van der Waals surface area contributed by atoms with Crippen LogP contribution in [-0.4, -0.2) is 14.8 Å². The van der Waals surface area contributed by atoms with Crippen LogP contribution < -0.4 is 4.57 Å². The molecule has 3 rings (SSSR count). The summed E-state index contributed by atoms with van der Waals surface area (Å²) < 4.78 is 4.20. The summed E-state index contributed by atoms with van der Waals surface area (Å²) in [5, 5.41) is 4.63. The number of aryl methyl sites for hydroxylation is 3. The van der Waals surface area contributed by atoms with E-state index in [-0.39, 0.29) is 10.8 Å². The highest BCUT2D eigenvalue weighted by Crippen LogP contribution is 2.34. The van der Waals surface area contributed by atoms with Gasteiger partial charge in [0.05, 0.1) is 12.6 Å². The molecule has 0 radical (unpaired) electrons. The van der Waals surface area contributed by atoms with Crippen LogP contribution in [0.3, 0.4) is 0 Å². The minimum Gasteiger partial charge on any atom is -0.264 e. The van der Waals surface area contributed by atoms with E-state index < -0.39 is 0 Å². The fourth-order valence-electron chi connectivity index (χ4n) is 4.36. The van der Waals surface area contributed by atoms with Crippen molar-refractivity contribution in [2.24, 2.45) is 12.5 Å². The van der Waals surface area contributed by atoms with Crippen LogP contribution in [0.2, 0.25) is 0 Å². The fraction of sp³-hybridized carbons (Fsp3) is 0.500. The van der Waals surface area contributed by atoms with Crippen LogP contribution in [0.25, 0.3) is 17.1 Å². The first kappa shape index (κ1) is 22.2. The first-order chi connectivity index (χ1) is 13.9. The van der Waals surface area contributed by atoms with Gasteiger partial charge in [0.2, 0.25) is 0 Å². The van der Waals surface area contributed by atoms with Gasteiger partial charge in [-0.1, -0.05) is 53.7 Å². The van der Waals surface area contributed by atoms with E-state index in [9.17, 15) is 0 Å². The Kier molecular flexibility index (Phi) is 5.90. The highest BCUT2D eigenvalue weighted by Gasteiger charge is 2.30. The monoisotopic (exact) mass is 405 g/mol. The summed E-state index contributed by atoms with van der Waals surface area (Å²) in [6, 6.07) is 6.82. The van der Waals surface area contributed by atoms with E-state index >= 15 is 0 Å². The molecule has 160 valence electrons. The molecule has 0 aliphatic carbocycles. The quantitative estimate of drug-likeness (QED) is 0.514. The van der Waals surface area contributed by atoms with Crippen molar-refractivity contribution in [1.29, 1.82) is 0 Å². The summed E-state index contributed by atoms with van der Waals surface area (Å²) in [7, 11) is 2.01. The lowest BCUT2D eigenvalue weighted by atomic mass is 9.80. The van der Waals surface area contributed by atoms with Gasteiger partial charge < -0.3 is 0 Å². The van der Waals surface area contributed by atoms with Crippen molar-refractivity contribution in [2.75, 3.05) is 0 Å². The highest BCUT2D eigenvalue weighted by molar-refractivity contribution is 5.60. The van der Waals surface area contributed by atoms with Crippen LogP contribution in [0.1, 0.15) is 70.2 Å². The zero-order chi connectivity index (χ0) is 22.3. The van der Waals surface area contributed by atoms with Crippen LogP contribution in [0.5, 0.6) is 0 Å². The van der Waals surface area contributed by atoms with Crippen molar-refractivity contribution in [1.82, 2.24) is 14.8 Å². The lowest BCUT2D eigenvalue weighted by Gasteiger charge is -2.25. The molecule has 3 aromatic rings. The highest BCUT2D eigenvalue weighted by atomic mass is 15.4. The standard InChI is InChI=1S/C26H37N4/c1-10-26(7,8)22-11-12-27-16-21(22)24-29(9)28-17-30(24)23-18(2)13-20(14-19(23)3)15-25(4,5)6/h11-14,16-17H,10,15H2,1-9H3/q+1. The molecule has 0 atom stereocenters. The van der Waals surface area contributed by atoms with Gasteiger partial charge in [0.15, 0.2) is 0 Å². The van der Waals surface area contributed by atoms with Crippen LogP contribution >= 0.6 is 0 Å². The maximum Gasteiger partial charge on any atom is 0.274 e. The van der Waals surface area contributed by atoms with Crippen LogP contribution in [0.4, 0.5) is 0 Å². The molecular formula is C26H37N4+. The second kappa shape index (κ2) is 7.98. The first-order valence-corrected chi connectivity index (χ1v) is 10.9. The Balaban J connectivity index is 2.21. The fourth-order valence-corrected chi connectivity index (χ4v) is 4.36. The second-order valence-corrected chi connectivity index (χ2v) is 10.4. The molecule has 2 heterocycles. The van der Waals surface area contributed by atoms with Gasteiger partial charge in [-0.15, -0.1) is 4.68 Å². The number of nitrogens with zero attached hydrogens (tertiary/aromatic N) is 4. The molecule has 0 aliphatic heterocycles. The predicted molar refractivity (Wildman–Crippen MR) is 124 cm³/mol. The Hall–Kier alpha value is -2.49. The molecule has 4 heteroatoms. The summed E-state index contributed by atoms with van der Waals surface area (Å²) in [6.45, 7) is 18.1. The predicted octanol–water partition coefficient (Wildman–Crippen LogP) is 5.65. The molecular weight excluding hydrogens is 368 g/mol. The van der Waals surface area contributed by atoms with E-state index in [1.165, 1.54) is 27.9 Å². The van der Waals surface area contributed by atoms with E-state index in [0.29, 0.717) is 0 Å². The molecule has 4 nitrogen and oxygen atoms in total. The van der Waals surface area contributed by atoms with Gasteiger partial charge in [-0.3, -0.25) is 4.98 Å². The Labute approximate surface area is 182 Å². The number of aromatic nitrogens is 4. The summed E-state index contributed by atoms with van der Waals surface area (Å²) in [5.41, 5.74) is 7.91. The molecule has 2 aromatic heterocycles. The average molecular weight is 406 g/mol. The number of pyridine rings is 1. The largest absolute Gasteiger partial charge is 0.274 e. The van der Waals surface area contributed by atoms with Crippen molar-refractivity contribution >= 4 is 0 Å². The topological polar surface area (TPSA) is 34.6 Å². The van der Waals surface area contributed by atoms with Gasteiger partial charge in [0, 0.05) is 17.5 Å². The number of rotatable bonds is 5. The van der Waals surface area contributed by atoms with Crippen molar-refractivity contribution in [3.8, 4) is 17.1 Å². The van der Waals surface area contributed by atoms with Crippen molar-refractivity contribution in [3.05, 3.63) is 59.2 Å². The van der Waals surface area contributed by atoms with Crippen molar-refractivity contribution < 1.29 is 4.57 Å². The van der Waals surface area contributed by atoms with E-state index in [1.807, 2.05) is 30.5 Å². The third-order valence-corrected chi connectivity index (χ3v) is 6.08. The van der Waals surface area contributed by atoms with E-state index in [4.69, 9.17) is 0 Å². The summed E-state index contributed by atoms with van der Waals surface area (Å²) in [4.78, 5) is 4.47. The lowest BCUT2D eigenvalue weighted by Crippen LogP contribution is -2.35. The molecule has 0 bridgehead atoms. The Bertz CT molecular complexity index is 1030. The van der Waals surface area contributed by atoms with E-state index in [2.05, 4.69) is 88.2 Å². The molecule has 0 unspecified atom stereocenters. The number of hydrogen-bond acceptors (Lipinski definition) is 2. The number of hydrogen-bond donors (Lipinski definition) is 0. The molecule has 0 spiro atoms. The van der Waals surface area contributed by atoms with Gasteiger partial charge in [-0.25, -0.2) is 0 Å². The van der Waals surface area contributed by atoms with Crippen LogP contribution in [-0.2, 0) is 18.9 Å². The van der Waals surface area contributed by atoms with E-state index in [1.54, 1.807) is 0 Å². The normalized spacial score (nSPS) is 12.4. The smallest absolute Gasteiger partial charge is 0.264 e. The Morgan fingerprint density at radius 2 is 1.67 bits per heavy atom. The first-order valence-electron chi connectivity index (χ1n) is 10.9. The molecule has 0 amide bonds. The molecule has 0 fully saturated rings. The SMILES string of the molecule is CCC(C)(C)c1ccncc1-c1n(C)nc[n+]1-c1c(C)cc(CC(C)(C)C)cc1C. The van der Waals surface area contributed by atoms with Crippen LogP contribution in [0.15, 0.2) is 36.9 Å². The molecule has 30 heavy (non-hydrogen) atoms. The van der Waals surface area contributed by atoms with Crippen LogP contribution in [0, 0.1) is 19.3 Å². The van der Waals surface area contributed by atoms with E-state index in [0.717, 1.165) is 24.2 Å². The zero-order valence-electron chi connectivity index (χ0n) is 20.2. The zero-order valence-corrected chi connectivity index (χ0v) is 20.2. The Morgan fingerprint density at radius 1 is 1.03 bits per heavy atom. The maximum atomic E-state index is 4.63. The third-order valence-electron chi connectivity index (χ3n) is 6.08. The summed E-state index contributed by atoms with van der Waals surface area (Å²) in [6.07, 6.45) is 7.94. The summed E-state index contributed by atoms with van der Waals surface area (Å²) in [5.74, 6) is 1.06. The lowest BCUT2D eigenvalue weighted by molar-refractivity contribution is -0.585. The van der Waals surface area contributed by atoms with Gasteiger partial charge in [0.1, 0.15) is 5.69 Å². The van der Waals surface area contributed by atoms with Gasteiger partial charge in [-0.2, -0.15) is 4.57 Å². The maximum absolute atomic E-state index is 4.63. The molecule has 0 N–H and O–H groups in total. The number of benzene rings is 1. The average Bonchev–Trinajstić information content (AvgIpc) is 3.00. The van der Waals surface area contributed by atoms with Crippen molar-refractivity contribution in [2.45, 2.75) is 73.6 Å². The third kappa shape index (κ3) is 4.33. The molecule has 0 saturated heterocycles. The van der Waals surface area contributed by atoms with Gasteiger partial charge >= 0.3 is 0 Å². The molecule has 0 aliphatic rings. The Morgan fingerprint density at radius 3 is 2.23 bits per heavy atom. The molecule has 1 aromatic carbocycles. The van der Waals surface area contributed by atoms with Gasteiger partial charge in [-0.05, 0) is 65.8 Å². The minimum atomic E-state index is 0.0566. The second-order valence-electron chi connectivity index (χ2n) is 10.4. The molecule has 0 saturated carbocycles. The minimum absolute atomic E-state index is 0.0566. The van der Waals surface area contributed by atoms with Gasteiger partial charge in [0.25, 0.3) is 12.2 Å². The van der Waals surface area contributed by atoms with Crippen molar-refractivity contribution in [3.63, 3.8) is 0 Å². The summed E-state index contributed by atoms with van der Waals surface area (Å²) >= 11 is 0.